The molecule has 18 heavy (non-hydrogen) atoms. The molecule has 2 N–H and O–H groups in total. The van der Waals surface area contributed by atoms with Crippen LogP contribution in [0.1, 0.15) is 17.3 Å². The normalized spacial score (nSPS) is 10.6. The maximum absolute atomic E-state index is 13.6. The van der Waals surface area contributed by atoms with Crippen LogP contribution in [-0.4, -0.2) is 17.6 Å². The molecule has 0 fully saturated rings. The third-order valence-corrected chi connectivity index (χ3v) is 2.46. The van der Waals surface area contributed by atoms with Crippen LogP contribution in [0.2, 0.25) is 0 Å². The van der Waals surface area contributed by atoms with E-state index in [4.69, 9.17) is 10.5 Å². The lowest BCUT2D eigenvalue weighted by molar-refractivity contribution is 0.0527. The maximum Gasteiger partial charge on any atom is 0.341 e. The van der Waals surface area contributed by atoms with Crippen LogP contribution in [0.4, 0.5) is 14.5 Å². The number of aromatic nitrogens is 1. The number of hydrogen-bond donors (Lipinski definition) is 1. The standard InChI is InChI=1S/C12H10F2N2O2/c1-2-18-12(17)6-5-16-11-8(14)4-3-7(13)9(11)10(6)15/h3-5H,2H2,1H3,(H2,15,16). The van der Waals surface area contributed by atoms with Crippen LogP contribution >= 0.6 is 0 Å². The van der Waals surface area contributed by atoms with Crippen LogP contribution in [-0.2, 0) is 4.74 Å². The van der Waals surface area contributed by atoms with E-state index in [1.54, 1.807) is 6.92 Å². The van der Waals surface area contributed by atoms with E-state index in [-0.39, 0.29) is 28.8 Å². The van der Waals surface area contributed by atoms with E-state index in [9.17, 15) is 13.6 Å². The van der Waals surface area contributed by atoms with Crippen LogP contribution in [0.25, 0.3) is 10.9 Å². The van der Waals surface area contributed by atoms with Crippen molar-refractivity contribution in [3.63, 3.8) is 0 Å². The number of nitrogen functional groups attached to an aromatic ring is 1. The van der Waals surface area contributed by atoms with Gasteiger partial charge in [0.15, 0.2) is 0 Å². The molecule has 94 valence electrons. The first kappa shape index (κ1) is 12.2. The number of pyridine rings is 1. The average molecular weight is 252 g/mol. The molecule has 0 radical (unpaired) electrons. The molecule has 1 aromatic carbocycles. The third kappa shape index (κ3) is 1.85. The van der Waals surface area contributed by atoms with E-state index in [1.165, 1.54) is 0 Å². The highest BCUT2D eigenvalue weighted by Crippen LogP contribution is 2.27. The van der Waals surface area contributed by atoms with Gasteiger partial charge in [0.1, 0.15) is 22.7 Å². The zero-order valence-corrected chi connectivity index (χ0v) is 9.54. The van der Waals surface area contributed by atoms with Gasteiger partial charge in [0, 0.05) is 6.20 Å². The topological polar surface area (TPSA) is 65.2 Å². The van der Waals surface area contributed by atoms with Crippen LogP contribution in [0.5, 0.6) is 0 Å². The van der Waals surface area contributed by atoms with Gasteiger partial charge in [-0.3, -0.25) is 4.98 Å². The summed E-state index contributed by atoms with van der Waals surface area (Å²) in [6, 6.07) is 1.89. The second kappa shape index (κ2) is 4.56. The fourth-order valence-corrected chi connectivity index (χ4v) is 1.63. The van der Waals surface area contributed by atoms with Crippen LogP contribution in [0, 0.1) is 11.6 Å². The maximum atomic E-state index is 13.6. The van der Waals surface area contributed by atoms with E-state index in [0.29, 0.717) is 0 Å². The van der Waals surface area contributed by atoms with Gasteiger partial charge in [-0.05, 0) is 19.1 Å². The van der Waals surface area contributed by atoms with Crippen molar-refractivity contribution >= 4 is 22.6 Å². The van der Waals surface area contributed by atoms with E-state index in [2.05, 4.69) is 4.98 Å². The molecule has 0 amide bonds. The van der Waals surface area contributed by atoms with Gasteiger partial charge in [0.25, 0.3) is 0 Å². The van der Waals surface area contributed by atoms with Crippen molar-refractivity contribution in [2.75, 3.05) is 12.3 Å². The Morgan fingerprint density at radius 3 is 2.72 bits per heavy atom. The number of rotatable bonds is 2. The zero-order chi connectivity index (χ0) is 13.3. The predicted molar refractivity (Wildman–Crippen MR) is 62.0 cm³/mol. The minimum atomic E-state index is -0.734. The first-order chi connectivity index (χ1) is 8.56. The molecule has 0 aliphatic rings. The van der Waals surface area contributed by atoms with Crippen molar-refractivity contribution in [2.24, 2.45) is 0 Å². The monoisotopic (exact) mass is 252 g/mol. The van der Waals surface area contributed by atoms with Gasteiger partial charge in [0.2, 0.25) is 0 Å². The van der Waals surface area contributed by atoms with E-state index < -0.39 is 17.6 Å². The number of halogens is 2. The summed E-state index contributed by atoms with van der Waals surface area (Å²) in [5.74, 6) is -2.15. The molecule has 2 aromatic rings. The Labute approximate surface area is 101 Å². The number of fused-ring (bicyclic) bond motifs is 1. The number of carbonyl (C=O) groups is 1. The largest absolute Gasteiger partial charge is 0.462 e. The van der Waals surface area contributed by atoms with Gasteiger partial charge >= 0.3 is 5.97 Å². The molecular formula is C12H10F2N2O2. The van der Waals surface area contributed by atoms with E-state index in [0.717, 1.165) is 18.3 Å². The number of anilines is 1. The van der Waals surface area contributed by atoms with Gasteiger partial charge in [-0.1, -0.05) is 0 Å². The highest BCUT2D eigenvalue weighted by Gasteiger charge is 2.18. The van der Waals surface area contributed by atoms with Crippen LogP contribution < -0.4 is 5.73 Å². The summed E-state index contributed by atoms with van der Waals surface area (Å²) in [7, 11) is 0. The molecule has 6 heteroatoms. The molecule has 0 aliphatic carbocycles. The summed E-state index contributed by atoms with van der Waals surface area (Å²) in [6.07, 6.45) is 1.08. The molecule has 0 aliphatic heterocycles. The van der Waals surface area contributed by atoms with Gasteiger partial charge in [-0.2, -0.15) is 0 Å². The molecule has 4 nitrogen and oxygen atoms in total. The molecule has 0 bridgehead atoms. The summed E-state index contributed by atoms with van der Waals surface area (Å²) in [5, 5.41) is -0.208. The second-order valence-corrected chi connectivity index (χ2v) is 3.56. The van der Waals surface area contributed by atoms with Gasteiger partial charge in [-0.25, -0.2) is 13.6 Å². The highest BCUT2D eigenvalue weighted by atomic mass is 19.1. The fourth-order valence-electron chi connectivity index (χ4n) is 1.63. The first-order valence-corrected chi connectivity index (χ1v) is 5.25. The Hall–Kier alpha value is -2.24. The molecule has 2 rings (SSSR count). The van der Waals surface area contributed by atoms with Crippen molar-refractivity contribution in [1.29, 1.82) is 0 Å². The Bertz CT molecular complexity index is 629. The van der Waals surface area contributed by atoms with Gasteiger partial charge in [0.05, 0.1) is 17.7 Å². The van der Waals surface area contributed by atoms with Crippen LogP contribution in [0.3, 0.4) is 0 Å². The number of nitrogens with two attached hydrogens (primary N) is 1. The summed E-state index contributed by atoms with van der Waals surface area (Å²) in [5.41, 5.74) is 5.22. The zero-order valence-electron chi connectivity index (χ0n) is 9.54. The number of nitrogens with zero attached hydrogens (tertiary/aromatic N) is 1. The highest BCUT2D eigenvalue weighted by molar-refractivity contribution is 6.04. The number of hydrogen-bond acceptors (Lipinski definition) is 4. The minimum absolute atomic E-state index is 0.0751. The molecule has 0 atom stereocenters. The summed E-state index contributed by atoms with van der Waals surface area (Å²) in [6.45, 7) is 1.78. The minimum Gasteiger partial charge on any atom is -0.462 e. The third-order valence-electron chi connectivity index (χ3n) is 2.46. The predicted octanol–water partition coefficient (Wildman–Crippen LogP) is 2.27. The molecule has 0 spiro atoms. The van der Waals surface area contributed by atoms with Crippen LogP contribution in [0.15, 0.2) is 18.3 Å². The Kier molecular flexibility index (Phi) is 3.10. The second-order valence-electron chi connectivity index (χ2n) is 3.56. The Balaban J connectivity index is 2.71. The number of carbonyl (C=O) groups excluding carboxylic acids is 1. The van der Waals surface area contributed by atoms with E-state index in [1.807, 2.05) is 0 Å². The average Bonchev–Trinajstić information content (AvgIpc) is 2.34. The lowest BCUT2D eigenvalue weighted by Gasteiger charge is -2.08. The molecule has 0 unspecified atom stereocenters. The van der Waals surface area contributed by atoms with Crippen molar-refractivity contribution < 1.29 is 18.3 Å². The van der Waals surface area contributed by atoms with Gasteiger partial charge < -0.3 is 10.5 Å². The van der Waals surface area contributed by atoms with Gasteiger partial charge in [-0.15, -0.1) is 0 Å². The molecule has 1 heterocycles. The quantitative estimate of drug-likeness (QED) is 0.833. The number of benzene rings is 1. The van der Waals surface area contributed by atoms with Crippen molar-refractivity contribution in [2.45, 2.75) is 6.92 Å². The lowest BCUT2D eigenvalue weighted by Crippen LogP contribution is -2.10. The number of ether oxygens (including phenoxy) is 1. The molecule has 1 aromatic heterocycles. The summed E-state index contributed by atoms with van der Waals surface area (Å²) in [4.78, 5) is 15.3. The molecule has 0 saturated carbocycles. The smallest absolute Gasteiger partial charge is 0.341 e. The summed E-state index contributed by atoms with van der Waals surface area (Å²) >= 11 is 0. The fraction of sp³-hybridized carbons (Fsp3) is 0.167. The molecule has 0 saturated heterocycles. The van der Waals surface area contributed by atoms with Crippen molar-refractivity contribution in [3.8, 4) is 0 Å². The Morgan fingerprint density at radius 1 is 1.39 bits per heavy atom. The van der Waals surface area contributed by atoms with Crippen molar-refractivity contribution in [3.05, 3.63) is 35.5 Å². The lowest BCUT2D eigenvalue weighted by atomic mass is 10.1. The summed E-state index contributed by atoms with van der Waals surface area (Å²) < 4.78 is 31.8. The first-order valence-electron chi connectivity index (χ1n) is 5.25. The SMILES string of the molecule is CCOC(=O)c1cnc2c(F)ccc(F)c2c1N. The Morgan fingerprint density at radius 2 is 2.06 bits per heavy atom. The molecular weight excluding hydrogens is 242 g/mol. The van der Waals surface area contributed by atoms with E-state index >= 15 is 0 Å². The number of esters is 1. The van der Waals surface area contributed by atoms with Crippen molar-refractivity contribution in [1.82, 2.24) is 4.98 Å².